The highest BCUT2D eigenvalue weighted by molar-refractivity contribution is 5.94. The number of β-amino-alcohol motifs (C(OH)–C–C–N with tert-alkyl or cyclic N) is 1. The van der Waals surface area contributed by atoms with E-state index in [2.05, 4.69) is 4.90 Å². The Morgan fingerprint density at radius 2 is 2.00 bits per heavy atom. The zero-order valence-electron chi connectivity index (χ0n) is 13.7. The third kappa shape index (κ3) is 3.72. The molecule has 0 radical (unpaired) electrons. The summed E-state index contributed by atoms with van der Waals surface area (Å²) in [5.41, 5.74) is 0.141. The topological polar surface area (TPSA) is 43.8 Å². The molecule has 2 fully saturated rings. The molecule has 1 N–H and O–H groups in total. The first-order chi connectivity index (χ1) is 11.0. The van der Waals surface area contributed by atoms with Gasteiger partial charge in [0.15, 0.2) is 0 Å². The van der Waals surface area contributed by atoms with Crippen molar-refractivity contribution in [2.45, 2.75) is 38.2 Å². The van der Waals surface area contributed by atoms with E-state index >= 15 is 0 Å². The van der Waals surface area contributed by atoms with Crippen LogP contribution in [0.15, 0.2) is 18.2 Å². The fourth-order valence-electron chi connectivity index (χ4n) is 3.73. The maximum Gasteiger partial charge on any atom is 0.253 e. The molecule has 0 saturated carbocycles. The van der Waals surface area contributed by atoms with Crippen LogP contribution in [0.3, 0.4) is 0 Å². The van der Waals surface area contributed by atoms with Crippen molar-refractivity contribution in [3.63, 3.8) is 0 Å². The molecular formula is C18H25FN2O2. The minimum Gasteiger partial charge on any atom is -0.387 e. The quantitative estimate of drug-likeness (QED) is 0.928. The van der Waals surface area contributed by atoms with Crippen molar-refractivity contribution < 1.29 is 14.3 Å². The van der Waals surface area contributed by atoms with Crippen molar-refractivity contribution in [1.29, 1.82) is 0 Å². The van der Waals surface area contributed by atoms with Gasteiger partial charge in [-0.1, -0.05) is 0 Å². The number of carbonyl (C=O) groups excluding carboxylic acids is 1. The second-order valence-corrected chi connectivity index (χ2v) is 7.00. The number of carbonyl (C=O) groups is 1. The number of aliphatic hydroxyl groups is 1. The molecular weight excluding hydrogens is 295 g/mol. The normalized spacial score (nSPS) is 25.8. The number of halogens is 1. The minimum absolute atomic E-state index is 0.118. The van der Waals surface area contributed by atoms with Crippen LogP contribution in [0, 0.1) is 12.7 Å². The largest absolute Gasteiger partial charge is 0.387 e. The summed E-state index contributed by atoms with van der Waals surface area (Å²) in [6.07, 6.45) is 3.91. The van der Waals surface area contributed by atoms with Crippen molar-refractivity contribution in [3.05, 3.63) is 35.1 Å². The highest BCUT2D eigenvalue weighted by atomic mass is 19.1. The van der Waals surface area contributed by atoms with Crippen LogP contribution in [0.4, 0.5) is 4.39 Å². The Bertz CT molecular complexity index is 586. The average molecular weight is 320 g/mol. The molecule has 0 unspecified atom stereocenters. The molecule has 0 aliphatic carbocycles. The van der Waals surface area contributed by atoms with E-state index in [1.807, 2.05) is 0 Å². The predicted octanol–water partition coefficient (Wildman–Crippen LogP) is 2.20. The average Bonchev–Trinajstić information content (AvgIpc) is 3.01. The van der Waals surface area contributed by atoms with E-state index in [1.54, 1.807) is 17.9 Å². The lowest BCUT2D eigenvalue weighted by Crippen LogP contribution is -2.55. The predicted molar refractivity (Wildman–Crippen MR) is 86.9 cm³/mol. The number of benzene rings is 1. The van der Waals surface area contributed by atoms with Gasteiger partial charge in [-0.2, -0.15) is 0 Å². The van der Waals surface area contributed by atoms with E-state index in [0.717, 1.165) is 25.9 Å². The third-order valence-electron chi connectivity index (χ3n) is 4.96. The SMILES string of the molecule is Cc1cc(C(=O)N2CCC[C@@](O)(CN3CCCC3)C2)ccc1F. The van der Waals surface area contributed by atoms with E-state index in [-0.39, 0.29) is 11.7 Å². The van der Waals surface area contributed by atoms with Gasteiger partial charge in [0.1, 0.15) is 5.82 Å². The van der Waals surface area contributed by atoms with Gasteiger partial charge in [-0.05, 0) is 69.5 Å². The third-order valence-corrected chi connectivity index (χ3v) is 4.96. The number of hydrogen-bond donors (Lipinski definition) is 1. The Morgan fingerprint density at radius 3 is 2.70 bits per heavy atom. The molecule has 2 saturated heterocycles. The molecule has 0 spiro atoms. The van der Waals surface area contributed by atoms with Crippen LogP contribution < -0.4 is 0 Å². The van der Waals surface area contributed by atoms with Gasteiger partial charge in [0.05, 0.1) is 12.1 Å². The maximum absolute atomic E-state index is 13.4. The van der Waals surface area contributed by atoms with E-state index in [0.29, 0.717) is 30.8 Å². The summed E-state index contributed by atoms with van der Waals surface area (Å²) < 4.78 is 13.4. The van der Waals surface area contributed by atoms with Crippen LogP contribution >= 0.6 is 0 Å². The van der Waals surface area contributed by atoms with E-state index in [1.165, 1.54) is 25.0 Å². The molecule has 126 valence electrons. The van der Waals surface area contributed by atoms with Crippen molar-refractivity contribution in [3.8, 4) is 0 Å². The number of rotatable bonds is 3. The van der Waals surface area contributed by atoms with Crippen molar-refractivity contribution in [1.82, 2.24) is 9.80 Å². The van der Waals surface area contributed by atoms with Crippen LogP contribution in [0.5, 0.6) is 0 Å². The first kappa shape index (κ1) is 16.4. The van der Waals surface area contributed by atoms with Gasteiger partial charge < -0.3 is 14.9 Å². The second kappa shape index (κ2) is 6.57. The molecule has 1 atom stereocenters. The zero-order valence-corrected chi connectivity index (χ0v) is 13.7. The lowest BCUT2D eigenvalue weighted by Gasteiger charge is -2.41. The van der Waals surface area contributed by atoms with Gasteiger partial charge >= 0.3 is 0 Å². The fourth-order valence-corrected chi connectivity index (χ4v) is 3.73. The lowest BCUT2D eigenvalue weighted by molar-refractivity contribution is -0.0431. The van der Waals surface area contributed by atoms with Crippen molar-refractivity contribution in [2.24, 2.45) is 0 Å². The summed E-state index contributed by atoms with van der Waals surface area (Å²) in [6, 6.07) is 4.45. The Balaban J connectivity index is 1.69. The number of nitrogens with zero attached hydrogens (tertiary/aromatic N) is 2. The summed E-state index contributed by atoms with van der Waals surface area (Å²) in [4.78, 5) is 16.7. The van der Waals surface area contributed by atoms with Gasteiger partial charge in [-0.3, -0.25) is 4.79 Å². The lowest BCUT2D eigenvalue weighted by atomic mass is 9.91. The molecule has 5 heteroatoms. The first-order valence-corrected chi connectivity index (χ1v) is 8.47. The molecule has 1 aromatic carbocycles. The molecule has 0 aromatic heterocycles. The fraction of sp³-hybridized carbons (Fsp3) is 0.611. The second-order valence-electron chi connectivity index (χ2n) is 7.00. The van der Waals surface area contributed by atoms with Crippen LogP contribution in [0.25, 0.3) is 0 Å². The monoisotopic (exact) mass is 320 g/mol. The molecule has 2 heterocycles. The zero-order chi connectivity index (χ0) is 16.4. The van der Waals surface area contributed by atoms with Crippen LogP contribution in [0.1, 0.15) is 41.6 Å². The van der Waals surface area contributed by atoms with Gasteiger partial charge in [-0.15, -0.1) is 0 Å². The maximum atomic E-state index is 13.4. The molecule has 0 bridgehead atoms. The number of aryl methyl sites for hydroxylation is 1. The summed E-state index contributed by atoms with van der Waals surface area (Å²) >= 11 is 0. The van der Waals surface area contributed by atoms with Gasteiger partial charge in [-0.25, -0.2) is 4.39 Å². The summed E-state index contributed by atoms with van der Waals surface area (Å²) in [5, 5.41) is 10.9. The first-order valence-electron chi connectivity index (χ1n) is 8.47. The summed E-state index contributed by atoms with van der Waals surface area (Å²) in [7, 11) is 0. The van der Waals surface area contributed by atoms with E-state index < -0.39 is 5.60 Å². The van der Waals surface area contributed by atoms with Crippen molar-refractivity contribution in [2.75, 3.05) is 32.7 Å². The Hall–Kier alpha value is -1.46. The Kier molecular flexibility index (Phi) is 4.69. The minimum atomic E-state index is -0.826. The standard InChI is InChI=1S/C18H25FN2O2/c1-14-11-15(5-6-16(14)19)17(22)21-10-4-7-18(23,13-21)12-20-8-2-3-9-20/h5-6,11,23H,2-4,7-10,12-13H2,1H3/t18-/m1/s1. The van der Waals surface area contributed by atoms with Crippen molar-refractivity contribution >= 4 is 5.91 Å². The van der Waals surface area contributed by atoms with Gasteiger partial charge in [0.2, 0.25) is 0 Å². The van der Waals surface area contributed by atoms with E-state index in [9.17, 15) is 14.3 Å². The molecule has 1 amide bonds. The number of amides is 1. The molecule has 3 rings (SSSR count). The summed E-state index contributed by atoms with van der Waals surface area (Å²) in [6.45, 7) is 5.38. The molecule has 23 heavy (non-hydrogen) atoms. The highest BCUT2D eigenvalue weighted by Crippen LogP contribution is 2.25. The molecule has 4 nitrogen and oxygen atoms in total. The number of piperidine rings is 1. The highest BCUT2D eigenvalue weighted by Gasteiger charge is 2.37. The van der Waals surface area contributed by atoms with E-state index in [4.69, 9.17) is 0 Å². The smallest absolute Gasteiger partial charge is 0.253 e. The molecule has 1 aromatic rings. The van der Waals surface area contributed by atoms with Gasteiger partial charge in [0, 0.05) is 18.7 Å². The Morgan fingerprint density at radius 1 is 1.26 bits per heavy atom. The Labute approximate surface area is 136 Å². The number of likely N-dealkylation sites (tertiary alicyclic amines) is 2. The molecule has 2 aliphatic rings. The molecule has 2 aliphatic heterocycles. The number of hydrogen-bond acceptors (Lipinski definition) is 3. The van der Waals surface area contributed by atoms with Crippen LogP contribution in [-0.2, 0) is 0 Å². The van der Waals surface area contributed by atoms with Crippen LogP contribution in [0.2, 0.25) is 0 Å². The van der Waals surface area contributed by atoms with Crippen LogP contribution in [-0.4, -0.2) is 59.1 Å². The summed E-state index contributed by atoms with van der Waals surface area (Å²) in [5.74, 6) is -0.418. The van der Waals surface area contributed by atoms with Gasteiger partial charge in [0.25, 0.3) is 5.91 Å².